The SMILES string of the molecule is CCc1ccccc1CNCc1ccccc1C(N)=NO. The predicted molar refractivity (Wildman–Crippen MR) is 85.3 cm³/mol. The van der Waals surface area contributed by atoms with Crippen LogP contribution in [0.1, 0.15) is 29.2 Å². The minimum Gasteiger partial charge on any atom is -0.409 e. The van der Waals surface area contributed by atoms with Crippen LogP contribution in [0.25, 0.3) is 0 Å². The van der Waals surface area contributed by atoms with Crippen LogP contribution >= 0.6 is 0 Å². The van der Waals surface area contributed by atoms with Crippen molar-refractivity contribution in [2.75, 3.05) is 0 Å². The van der Waals surface area contributed by atoms with Crippen molar-refractivity contribution in [1.82, 2.24) is 5.32 Å². The van der Waals surface area contributed by atoms with E-state index in [2.05, 4.69) is 41.7 Å². The molecule has 2 aromatic carbocycles. The maximum atomic E-state index is 8.83. The second kappa shape index (κ2) is 7.45. The van der Waals surface area contributed by atoms with Crippen molar-refractivity contribution < 1.29 is 5.21 Å². The summed E-state index contributed by atoms with van der Waals surface area (Å²) in [5.74, 6) is 0.140. The molecule has 4 N–H and O–H groups in total. The van der Waals surface area contributed by atoms with E-state index in [0.29, 0.717) is 6.54 Å². The first-order valence-electron chi connectivity index (χ1n) is 7.09. The molecule has 0 aliphatic carbocycles. The molecule has 0 amide bonds. The van der Waals surface area contributed by atoms with Crippen LogP contribution in [0.15, 0.2) is 53.7 Å². The molecule has 0 aliphatic heterocycles. The average Bonchev–Trinajstić information content (AvgIpc) is 2.55. The van der Waals surface area contributed by atoms with E-state index in [-0.39, 0.29) is 5.84 Å². The summed E-state index contributed by atoms with van der Waals surface area (Å²) < 4.78 is 0. The van der Waals surface area contributed by atoms with Crippen molar-refractivity contribution >= 4 is 5.84 Å². The summed E-state index contributed by atoms with van der Waals surface area (Å²) in [4.78, 5) is 0. The monoisotopic (exact) mass is 283 g/mol. The highest BCUT2D eigenvalue weighted by Gasteiger charge is 2.06. The molecule has 21 heavy (non-hydrogen) atoms. The van der Waals surface area contributed by atoms with Gasteiger partial charge in [0, 0.05) is 18.7 Å². The molecule has 0 spiro atoms. The summed E-state index contributed by atoms with van der Waals surface area (Å²) in [5, 5.41) is 15.3. The first kappa shape index (κ1) is 15.1. The van der Waals surface area contributed by atoms with E-state index in [4.69, 9.17) is 10.9 Å². The van der Waals surface area contributed by atoms with Crippen LogP contribution in [0.2, 0.25) is 0 Å². The van der Waals surface area contributed by atoms with Gasteiger partial charge in [-0.2, -0.15) is 0 Å². The van der Waals surface area contributed by atoms with Gasteiger partial charge >= 0.3 is 0 Å². The molecule has 0 saturated heterocycles. The fraction of sp³-hybridized carbons (Fsp3) is 0.235. The molecule has 2 rings (SSSR count). The zero-order valence-corrected chi connectivity index (χ0v) is 12.2. The number of oxime groups is 1. The van der Waals surface area contributed by atoms with Gasteiger partial charge in [0.25, 0.3) is 0 Å². The van der Waals surface area contributed by atoms with E-state index in [9.17, 15) is 0 Å². The number of rotatable bonds is 6. The molecule has 110 valence electrons. The minimum absolute atomic E-state index is 0.140. The molecule has 0 unspecified atom stereocenters. The second-order valence-corrected chi connectivity index (χ2v) is 4.87. The van der Waals surface area contributed by atoms with Crippen LogP contribution < -0.4 is 11.1 Å². The third-order valence-electron chi connectivity index (χ3n) is 3.53. The third kappa shape index (κ3) is 3.83. The lowest BCUT2D eigenvalue weighted by Gasteiger charge is -2.11. The Balaban J connectivity index is 2.04. The van der Waals surface area contributed by atoms with Gasteiger partial charge in [0.2, 0.25) is 0 Å². The molecule has 0 radical (unpaired) electrons. The van der Waals surface area contributed by atoms with Gasteiger partial charge in [0.15, 0.2) is 5.84 Å². The average molecular weight is 283 g/mol. The van der Waals surface area contributed by atoms with Gasteiger partial charge < -0.3 is 16.3 Å². The van der Waals surface area contributed by atoms with Gasteiger partial charge in [0.05, 0.1) is 0 Å². The number of nitrogens with one attached hydrogen (secondary N) is 1. The van der Waals surface area contributed by atoms with Gasteiger partial charge in [-0.05, 0) is 23.1 Å². The summed E-state index contributed by atoms with van der Waals surface area (Å²) in [6, 6.07) is 16.1. The number of nitrogens with two attached hydrogens (primary N) is 1. The quantitative estimate of drug-likeness (QED) is 0.330. The van der Waals surface area contributed by atoms with Gasteiger partial charge in [-0.3, -0.25) is 0 Å². The van der Waals surface area contributed by atoms with Crippen LogP contribution in [0.5, 0.6) is 0 Å². The molecule has 4 nitrogen and oxygen atoms in total. The number of amidine groups is 1. The second-order valence-electron chi connectivity index (χ2n) is 4.87. The molecular weight excluding hydrogens is 262 g/mol. The highest BCUT2D eigenvalue weighted by Crippen LogP contribution is 2.11. The Kier molecular flexibility index (Phi) is 5.35. The maximum absolute atomic E-state index is 8.83. The largest absolute Gasteiger partial charge is 0.409 e. The normalized spacial score (nSPS) is 11.6. The number of hydrogen-bond acceptors (Lipinski definition) is 3. The van der Waals surface area contributed by atoms with Gasteiger partial charge in [0.1, 0.15) is 0 Å². The fourth-order valence-electron chi connectivity index (χ4n) is 2.38. The van der Waals surface area contributed by atoms with Crippen molar-refractivity contribution in [3.63, 3.8) is 0 Å². The highest BCUT2D eigenvalue weighted by atomic mass is 16.4. The molecule has 0 heterocycles. The highest BCUT2D eigenvalue weighted by molar-refractivity contribution is 5.98. The standard InChI is InChI=1S/C17H21N3O/c1-2-13-7-3-4-8-14(13)11-19-12-15-9-5-6-10-16(15)17(18)20-21/h3-10,19,21H,2,11-12H2,1H3,(H2,18,20). The Labute approximate surface area is 125 Å². The lowest BCUT2D eigenvalue weighted by atomic mass is 10.0. The van der Waals surface area contributed by atoms with Crippen molar-refractivity contribution in [2.24, 2.45) is 10.9 Å². The van der Waals surface area contributed by atoms with E-state index in [1.807, 2.05) is 24.3 Å². The van der Waals surface area contributed by atoms with E-state index in [1.165, 1.54) is 11.1 Å². The third-order valence-corrected chi connectivity index (χ3v) is 3.53. The van der Waals surface area contributed by atoms with Gasteiger partial charge in [-0.1, -0.05) is 60.6 Å². The smallest absolute Gasteiger partial charge is 0.170 e. The lowest BCUT2D eigenvalue weighted by molar-refractivity contribution is 0.318. The Bertz CT molecular complexity index is 623. The Hall–Kier alpha value is -2.33. The van der Waals surface area contributed by atoms with Crippen molar-refractivity contribution in [3.8, 4) is 0 Å². The molecule has 0 aromatic heterocycles. The van der Waals surface area contributed by atoms with Crippen LogP contribution in [-0.2, 0) is 19.5 Å². The van der Waals surface area contributed by atoms with E-state index in [1.54, 1.807) is 0 Å². The molecule has 4 heteroatoms. The summed E-state index contributed by atoms with van der Waals surface area (Å²) in [6.07, 6.45) is 1.03. The summed E-state index contributed by atoms with van der Waals surface area (Å²) >= 11 is 0. The fourth-order valence-corrected chi connectivity index (χ4v) is 2.38. The van der Waals surface area contributed by atoms with Crippen LogP contribution in [0.4, 0.5) is 0 Å². The summed E-state index contributed by atoms with van der Waals surface area (Å²) in [7, 11) is 0. The van der Waals surface area contributed by atoms with Crippen molar-refractivity contribution in [3.05, 3.63) is 70.8 Å². The molecule has 2 aromatic rings. The molecule has 0 bridgehead atoms. The number of benzene rings is 2. The molecule has 0 aliphatic rings. The van der Waals surface area contributed by atoms with Crippen molar-refractivity contribution in [2.45, 2.75) is 26.4 Å². The zero-order chi connectivity index (χ0) is 15.1. The number of aryl methyl sites for hydroxylation is 1. The summed E-state index contributed by atoms with van der Waals surface area (Å²) in [5.41, 5.74) is 10.1. The zero-order valence-electron chi connectivity index (χ0n) is 12.2. The first-order chi connectivity index (χ1) is 10.3. The predicted octanol–water partition coefficient (Wildman–Crippen LogP) is 2.63. The van der Waals surface area contributed by atoms with Crippen LogP contribution in [-0.4, -0.2) is 11.0 Å². The molecule has 0 fully saturated rings. The van der Waals surface area contributed by atoms with E-state index >= 15 is 0 Å². The van der Waals surface area contributed by atoms with Gasteiger partial charge in [-0.25, -0.2) is 0 Å². The molecular formula is C17H21N3O. The maximum Gasteiger partial charge on any atom is 0.170 e. The van der Waals surface area contributed by atoms with Crippen molar-refractivity contribution in [1.29, 1.82) is 0 Å². The summed E-state index contributed by atoms with van der Waals surface area (Å²) in [6.45, 7) is 3.63. The van der Waals surface area contributed by atoms with Crippen LogP contribution in [0.3, 0.4) is 0 Å². The first-order valence-corrected chi connectivity index (χ1v) is 7.09. The molecule has 0 atom stereocenters. The minimum atomic E-state index is 0.140. The lowest BCUT2D eigenvalue weighted by Crippen LogP contribution is -2.20. The Morgan fingerprint density at radius 2 is 1.57 bits per heavy atom. The molecule has 0 saturated carbocycles. The van der Waals surface area contributed by atoms with Gasteiger partial charge in [-0.15, -0.1) is 0 Å². The van der Waals surface area contributed by atoms with E-state index < -0.39 is 0 Å². The Morgan fingerprint density at radius 1 is 1.00 bits per heavy atom. The Morgan fingerprint density at radius 3 is 2.24 bits per heavy atom. The number of hydrogen-bond donors (Lipinski definition) is 3. The van der Waals surface area contributed by atoms with E-state index in [0.717, 1.165) is 24.1 Å². The number of nitrogens with zero attached hydrogens (tertiary/aromatic N) is 1. The topological polar surface area (TPSA) is 70.6 Å². The van der Waals surface area contributed by atoms with Crippen LogP contribution in [0, 0.1) is 0 Å².